The Morgan fingerprint density at radius 1 is 0.862 bits per heavy atom. The van der Waals surface area contributed by atoms with Gasteiger partial charge in [0.15, 0.2) is 0 Å². The summed E-state index contributed by atoms with van der Waals surface area (Å²) >= 11 is 0. The first-order chi connectivity index (χ1) is 13.2. The summed E-state index contributed by atoms with van der Waals surface area (Å²) in [5.41, 5.74) is 0.694. The zero-order valence-electron chi connectivity index (χ0n) is 21.4. The van der Waals surface area contributed by atoms with Crippen molar-refractivity contribution in [1.82, 2.24) is 0 Å². The van der Waals surface area contributed by atoms with Crippen molar-refractivity contribution in [3.05, 3.63) is 0 Å². The third kappa shape index (κ3) is 11.4. The number of rotatable bonds is 9. The van der Waals surface area contributed by atoms with Crippen LogP contribution in [0.3, 0.4) is 0 Å². The normalized spacial score (nSPS) is 26.6. The third-order valence-corrected chi connectivity index (χ3v) is 6.68. The van der Waals surface area contributed by atoms with Crippen LogP contribution in [0.25, 0.3) is 0 Å². The van der Waals surface area contributed by atoms with Crippen molar-refractivity contribution in [2.24, 2.45) is 46.3 Å². The molecule has 29 heavy (non-hydrogen) atoms. The van der Waals surface area contributed by atoms with Gasteiger partial charge in [-0.25, -0.2) is 0 Å². The van der Waals surface area contributed by atoms with E-state index in [1.165, 1.54) is 32.1 Å². The molecule has 0 aromatic rings. The van der Waals surface area contributed by atoms with E-state index in [0.717, 1.165) is 18.8 Å². The maximum absolute atomic E-state index is 12.8. The van der Waals surface area contributed by atoms with Crippen LogP contribution in [-0.2, 0) is 9.53 Å². The van der Waals surface area contributed by atoms with Gasteiger partial charge in [0.05, 0.1) is 12.5 Å². The van der Waals surface area contributed by atoms with E-state index in [-0.39, 0.29) is 11.9 Å². The third-order valence-electron chi connectivity index (χ3n) is 6.68. The number of esters is 1. The van der Waals surface area contributed by atoms with Crippen LogP contribution in [0.5, 0.6) is 0 Å². The van der Waals surface area contributed by atoms with Crippen LogP contribution in [0.4, 0.5) is 0 Å². The lowest BCUT2D eigenvalue weighted by atomic mass is 9.76. The van der Waals surface area contributed by atoms with Crippen LogP contribution < -0.4 is 0 Å². The predicted molar refractivity (Wildman–Crippen MR) is 126 cm³/mol. The average Bonchev–Trinajstić information content (AvgIpc) is 2.50. The second kappa shape index (κ2) is 11.2. The lowest BCUT2D eigenvalue weighted by molar-refractivity contribution is -0.153. The van der Waals surface area contributed by atoms with Crippen LogP contribution in [-0.4, -0.2) is 12.6 Å². The lowest BCUT2D eigenvalue weighted by Gasteiger charge is -2.33. The van der Waals surface area contributed by atoms with Gasteiger partial charge in [-0.2, -0.15) is 0 Å². The Bertz CT molecular complexity index is 472. The Balaban J connectivity index is 2.66. The van der Waals surface area contributed by atoms with Crippen LogP contribution in [0.15, 0.2) is 0 Å². The monoisotopic (exact) mass is 408 g/mol. The summed E-state index contributed by atoms with van der Waals surface area (Å²) in [4.78, 5) is 12.8. The largest absolute Gasteiger partial charge is 0.465 e. The fraction of sp³-hybridized carbons (Fsp3) is 0.963. The second-order valence-corrected chi connectivity index (χ2v) is 13.2. The van der Waals surface area contributed by atoms with Crippen LogP contribution in [0, 0.1) is 46.3 Å². The van der Waals surface area contributed by atoms with Crippen molar-refractivity contribution in [3.8, 4) is 0 Å². The molecule has 1 rings (SSSR count). The molecule has 1 fully saturated rings. The minimum absolute atomic E-state index is 0.0686. The van der Waals surface area contributed by atoms with Crippen LogP contribution >= 0.6 is 0 Å². The molecule has 0 spiro atoms. The standard InChI is InChI=1S/C27H52O2/c1-19(16-26(5,6)7)11-12-23(22(4)17-27(8,9)10)18-29-25(28)24-14-20(2)13-21(3)15-24/h19-24H,11-18H2,1-10H3. The van der Waals surface area contributed by atoms with E-state index in [9.17, 15) is 4.79 Å². The summed E-state index contributed by atoms with van der Waals surface area (Å²) in [5, 5.41) is 0. The first-order valence-electron chi connectivity index (χ1n) is 12.3. The number of ether oxygens (including phenoxy) is 1. The fourth-order valence-electron chi connectivity index (χ4n) is 5.76. The molecule has 5 atom stereocenters. The molecule has 172 valence electrons. The average molecular weight is 409 g/mol. The maximum atomic E-state index is 12.8. The highest BCUT2D eigenvalue weighted by Crippen LogP contribution is 2.36. The minimum Gasteiger partial charge on any atom is -0.465 e. The number of hydrogen-bond acceptors (Lipinski definition) is 2. The summed E-state index contributed by atoms with van der Waals surface area (Å²) in [6.07, 6.45) is 8.10. The van der Waals surface area contributed by atoms with Crippen molar-refractivity contribution in [2.75, 3.05) is 6.61 Å². The molecule has 1 aliphatic carbocycles. The van der Waals surface area contributed by atoms with Gasteiger partial charge in [-0.3, -0.25) is 4.79 Å². The molecule has 0 saturated heterocycles. The highest BCUT2D eigenvalue weighted by Gasteiger charge is 2.31. The van der Waals surface area contributed by atoms with E-state index in [0.29, 0.717) is 41.1 Å². The topological polar surface area (TPSA) is 26.3 Å². The zero-order chi connectivity index (χ0) is 22.4. The predicted octanol–water partition coefficient (Wildman–Crippen LogP) is 8.14. The summed E-state index contributed by atoms with van der Waals surface area (Å²) in [5.74, 6) is 3.24. The molecule has 0 aromatic heterocycles. The summed E-state index contributed by atoms with van der Waals surface area (Å²) < 4.78 is 5.97. The molecule has 0 heterocycles. The molecule has 1 aliphatic rings. The summed E-state index contributed by atoms with van der Waals surface area (Å²) in [6, 6.07) is 0. The van der Waals surface area contributed by atoms with Gasteiger partial charge >= 0.3 is 5.97 Å². The SMILES string of the molecule is CC1CC(C)CC(C(=O)OCC(CCC(C)CC(C)(C)C)C(C)CC(C)(C)C)C1. The Kier molecular flexibility index (Phi) is 10.2. The summed E-state index contributed by atoms with van der Waals surface area (Å²) in [7, 11) is 0. The quantitative estimate of drug-likeness (QED) is 0.360. The number of carbonyl (C=O) groups excluding carboxylic acids is 1. The molecule has 0 aliphatic heterocycles. The van der Waals surface area contributed by atoms with Crippen LogP contribution in [0.1, 0.15) is 114 Å². The van der Waals surface area contributed by atoms with Crippen molar-refractivity contribution in [1.29, 1.82) is 0 Å². The van der Waals surface area contributed by atoms with Crippen molar-refractivity contribution < 1.29 is 9.53 Å². The molecule has 0 N–H and O–H groups in total. The summed E-state index contributed by atoms with van der Waals surface area (Å²) in [6.45, 7) is 23.9. The molecule has 0 aromatic carbocycles. The Morgan fingerprint density at radius 2 is 1.38 bits per heavy atom. The molecule has 1 saturated carbocycles. The van der Waals surface area contributed by atoms with Crippen molar-refractivity contribution >= 4 is 5.97 Å². The fourth-order valence-corrected chi connectivity index (χ4v) is 5.76. The van der Waals surface area contributed by atoms with Crippen LogP contribution in [0.2, 0.25) is 0 Å². The molecule has 5 unspecified atom stereocenters. The van der Waals surface area contributed by atoms with E-state index in [1.807, 2.05) is 0 Å². The molecule has 0 radical (unpaired) electrons. The Labute approximate surface area is 182 Å². The molecule has 2 heteroatoms. The minimum atomic E-state index is 0.0686. The van der Waals surface area contributed by atoms with Gasteiger partial charge in [0.2, 0.25) is 0 Å². The molecular formula is C27H52O2. The number of carbonyl (C=O) groups is 1. The lowest BCUT2D eigenvalue weighted by Crippen LogP contribution is -2.30. The van der Waals surface area contributed by atoms with Gasteiger partial charge in [-0.1, -0.05) is 75.7 Å². The van der Waals surface area contributed by atoms with E-state index in [2.05, 4.69) is 69.2 Å². The van der Waals surface area contributed by atoms with E-state index in [4.69, 9.17) is 4.74 Å². The first kappa shape index (κ1) is 26.5. The van der Waals surface area contributed by atoms with E-state index >= 15 is 0 Å². The van der Waals surface area contributed by atoms with Crippen molar-refractivity contribution in [3.63, 3.8) is 0 Å². The smallest absolute Gasteiger partial charge is 0.308 e. The molecule has 0 amide bonds. The Hall–Kier alpha value is -0.530. The van der Waals surface area contributed by atoms with E-state index in [1.54, 1.807) is 0 Å². The molecule has 2 nitrogen and oxygen atoms in total. The van der Waals surface area contributed by atoms with Gasteiger partial charge in [0.25, 0.3) is 0 Å². The maximum Gasteiger partial charge on any atom is 0.308 e. The van der Waals surface area contributed by atoms with Gasteiger partial charge in [0, 0.05) is 0 Å². The Morgan fingerprint density at radius 3 is 1.86 bits per heavy atom. The highest BCUT2D eigenvalue weighted by atomic mass is 16.5. The van der Waals surface area contributed by atoms with Gasteiger partial charge in [0.1, 0.15) is 0 Å². The van der Waals surface area contributed by atoms with Gasteiger partial charge < -0.3 is 4.74 Å². The first-order valence-corrected chi connectivity index (χ1v) is 12.3. The molecule has 0 bridgehead atoms. The van der Waals surface area contributed by atoms with Crippen molar-refractivity contribution in [2.45, 2.75) is 114 Å². The highest BCUT2D eigenvalue weighted by molar-refractivity contribution is 5.72. The van der Waals surface area contributed by atoms with Gasteiger partial charge in [-0.15, -0.1) is 0 Å². The van der Waals surface area contributed by atoms with Gasteiger partial charge in [-0.05, 0) is 78.9 Å². The zero-order valence-corrected chi connectivity index (χ0v) is 21.4. The molecular weight excluding hydrogens is 356 g/mol. The second-order valence-electron chi connectivity index (χ2n) is 13.2. The van der Waals surface area contributed by atoms with E-state index < -0.39 is 0 Å². The number of hydrogen-bond donors (Lipinski definition) is 0.